The van der Waals surface area contributed by atoms with E-state index in [1.165, 1.54) is 4.90 Å². The van der Waals surface area contributed by atoms with Gasteiger partial charge in [-0.2, -0.15) is 13.2 Å². The molecule has 1 saturated carbocycles. The number of pyridine rings is 1. The second kappa shape index (κ2) is 7.93. The minimum Gasteiger partial charge on any atom is -0.466 e. The zero-order chi connectivity index (χ0) is 21.4. The molecule has 0 spiro atoms. The summed E-state index contributed by atoms with van der Waals surface area (Å²) in [5, 5.41) is 0. The second-order valence-corrected chi connectivity index (χ2v) is 7.94. The van der Waals surface area contributed by atoms with Crippen LogP contribution in [0.4, 0.5) is 13.2 Å². The van der Waals surface area contributed by atoms with E-state index in [1.807, 2.05) is 0 Å². The first kappa shape index (κ1) is 21.5. The third kappa shape index (κ3) is 4.10. The van der Waals surface area contributed by atoms with Gasteiger partial charge in [0, 0.05) is 37.4 Å². The number of rotatable bonds is 4. The SMILES string of the molecule is CCOC(=O)C(C)[C@]1(C(=O)N2CCc3ncc(C(F)(F)F)cc3C2)CC[C@@H](N)C1. The minimum absolute atomic E-state index is 0.0393. The predicted molar refractivity (Wildman–Crippen MR) is 98.4 cm³/mol. The molecule has 6 nitrogen and oxygen atoms in total. The van der Waals surface area contributed by atoms with Gasteiger partial charge in [0.05, 0.1) is 23.5 Å². The summed E-state index contributed by atoms with van der Waals surface area (Å²) in [6.45, 7) is 3.97. The average Bonchev–Trinajstić information content (AvgIpc) is 3.08. The summed E-state index contributed by atoms with van der Waals surface area (Å²) in [5.74, 6) is -1.37. The molecule has 0 bridgehead atoms. The number of aromatic nitrogens is 1. The summed E-state index contributed by atoms with van der Waals surface area (Å²) in [6.07, 6.45) is -1.87. The average molecular weight is 413 g/mol. The third-order valence-corrected chi connectivity index (χ3v) is 6.14. The monoisotopic (exact) mass is 413 g/mol. The highest BCUT2D eigenvalue weighted by Gasteiger charge is 2.53. The molecule has 1 unspecified atom stereocenters. The summed E-state index contributed by atoms with van der Waals surface area (Å²) < 4.78 is 44.3. The Morgan fingerprint density at radius 3 is 2.76 bits per heavy atom. The smallest absolute Gasteiger partial charge is 0.417 e. The fourth-order valence-corrected chi connectivity index (χ4v) is 4.45. The van der Waals surface area contributed by atoms with Crippen molar-refractivity contribution in [3.63, 3.8) is 0 Å². The summed E-state index contributed by atoms with van der Waals surface area (Å²) in [7, 11) is 0. The van der Waals surface area contributed by atoms with Crippen LogP contribution in [-0.2, 0) is 33.5 Å². The predicted octanol–water partition coefficient (Wildman–Crippen LogP) is 2.68. The number of alkyl halides is 3. The summed E-state index contributed by atoms with van der Waals surface area (Å²) >= 11 is 0. The number of esters is 1. The number of nitrogens with zero attached hydrogens (tertiary/aromatic N) is 2. The Labute approximate surface area is 167 Å². The van der Waals surface area contributed by atoms with Crippen molar-refractivity contribution in [1.82, 2.24) is 9.88 Å². The number of carbonyl (C=O) groups is 2. The first-order chi connectivity index (χ1) is 13.6. The maximum atomic E-state index is 13.5. The van der Waals surface area contributed by atoms with Crippen LogP contribution in [0.25, 0.3) is 0 Å². The number of nitrogens with two attached hydrogens (primary N) is 1. The molecular weight excluding hydrogens is 387 g/mol. The van der Waals surface area contributed by atoms with Crippen molar-refractivity contribution >= 4 is 11.9 Å². The first-order valence-electron chi connectivity index (χ1n) is 9.85. The van der Waals surface area contributed by atoms with Crippen molar-refractivity contribution < 1.29 is 27.5 Å². The number of hydrogen-bond acceptors (Lipinski definition) is 5. The summed E-state index contributed by atoms with van der Waals surface area (Å²) in [6, 6.07) is 0.857. The van der Waals surface area contributed by atoms with Crippen LogP contribution in [0.2, 0.25) is 0 Å². The number of ether oxygens (including phenoxy) is 1. The maximum absolute atomic E-state index is 13.5. The molecule has 2 heterocycles. The molecule has 29 heavy (non-hydrogen) atoms. The van der Waals surface area contributed by atoms with Crippen molar-refractivity contribution in [2.45, 2.75) is 58.3 Å². The van der Waals surface area contributed by atoms with Gasteiger partial charge in [-0.1, -0.05) is 6.92 Å². The standard InChI is InChI=1S/C20H26F3N3O3/c1-3-29-17(27)12(2)19(6-4-15(24)9-19)18(28)26-7-5-16-13(11-26)8-14(10-25-16)20(21,22)23/h8,10,12,15H,3-7,9,11,24H2,1-2H3/t12?,15-,19+/m1/s1. The lowest BCUT2D eigenvalue weighted by atomic mass is 9.73. The Hall–Kier alpha value is -2.16. The zero-order valence-corrected chi connectivity index (χ0v) is 16.6. The van der Waals surface area contributed by atoms with Gasteiger partial charge in [0.25, 0.3) is 0 Å². The number of halogens is 3. The largest absolute Gasteiger partial charge is 0.466 e. The molecule has 0 radical (unpaired) electrons. The normalized spacial score (nSPS) is 25.4. The van der Waals surface area contributed by atoms with E-state index in [9.17, 15) is 22.8 Å². The van der Waals surface area contributed by atoms with E-state index in [4.69, 9.17) is 10.5 Å². The fourth-order valence-electron chi connectivity index (χ4n) is 4.45. The van der Waals surface area contributed by atoms with Crippen molar-refractivity contribution in [3.05, 3.63) is 29.1 Å². The molecule has 2 aliphatic rings. The quantitative estimate of drug-likeness (QED) is 0.767. The lowest BCUT2D eigenvalue weighted by Gasteiger charge is -2.39. The molecule has 1 aliphatic heterocycles. The van der Waals surface area contributed by atoms with E-state index in [0.29, 0.717) is 43.5 Å². The van der Waals surface area contributed by atoms with Crippen molar-refractivity contribution in [3.8, 4) is 0 Å². The van der Waals surface area contributed by atoms with Gasteiger partial charge >= 0.3 is 12.1 Å². The molecule has 1 aromatic heterocycles. The molecule has 9 heteroatoms. The van der Waals surface area contributed by atoms with Crippen LogP contribution in [0.3, 0.4) is 0 Å². The molecule has 1 aliphatic carbocycles. The van der Waals surface area contributed by atoms with Crippen LogP contribution in [0.1, 0.15) is 49.9 Å². The van der Waals surface area contributed by atoms with E-state index < -0.39 is 29.0 Å². The maximum Gasteiger partial charge on any atom is 0.417 e. The molecule has 0 aromatic carbocycles. The zero-order valence-electron chi connectivity index (χ0n) is 16.6. The molecule has 2 N–H and O–H groups in total. The van der Waals surface area contributed by atoms with Crippen LogP contribution in [-0.4, -0.2) is 41.0 Å². The van der Waals surface area contributed by atoms with E-state index in [-0.39, 0.29) is 25.1 Å². The van der Waals surface area contributed by atoms with Gasteiger partial charge in [0.2, 0.25) is 5.91 Å². The first-order valence-corrected chi connectivity index (χ1v) is 9.85. The molecular formula is C20H26F3N3O3. The van der Waals surface area contributed by atoms with Crippen LogP contribution in [0, 0.1) is 11.3 Å². The highest BCUT2D eigenvalue weighted by atomic mass is 19.4. The molecule has 160 valence electrons. The van der Waals surface area contributed by atoms with Crippen LogP contribution < -0.4 is 5.73 Å². The van der Waals surface area contributed by atoms with Crippen molar-refractivity contribution in [1.29, 1.82) is 0 Å². The Bertz CT molecular complexity index is 799. The molecule has 3 rings (SSSR count). The van der Waals surface area contributed by atoms with Gasteiger partial charge in [-0.15, -0.1) is 0 Å². The van der Waals surface area contributed by atoms with E-state index in [2.05, 4.69) is 4.98 Å². The van der Waals surface area contributed by atoms with Crippen LogP contribution in [0.5, 0.6) is 0 Å². The highest BCUT2D eigenvalue weighted by molar-refractivity contribution is 5.89. The van der Waals surface area contributed by atoms with Gasteiger partial charge in [-0.05, 0) is 37.8 Å². The van der Waals surface area contributed by atoms with Gasteiger partial charge < -0.3 is 15.4 Å². The Kier molecular flexibility index (Phi) is 5.89. The third-order valence-electron chi connectivity index (χ3n) is 6.14. The van der Waals surface area contributed by atoms with Gasteiger partial charge in [-0.3, -0.25) is 14.6 Å². The van der Waals surface area contributed by atoms with Crippen LogP contribution in [0.15, 0.2) is 12.3 Å². The topological polar surface area (TPSA) is 85.5 Å². The molecule has 1 aromatic rings. The van der Waals surface area contributed by atoms with Gasteiger partial charge in [0.1, 0.15) is 0 Å². The number of hydrogen-bond donors (Lipinski definition) is 1. The van der Waals surface area contributed by atoms with E-state index in [1.54, 1.807) is 13.8 Å². The van der Waals surface area contributed by atoms with Crippen LogP contribution >= 0.6 is 0 Å². The van der Waals surface area contributed by atoms with E-state index >= 15 is 0 Å². The molecule has 1 amide bonds. The summed E-state index contributed by atoms with van der Waals surface area (Å²) in [5.41, 5.74) is 5.21. The molecule has 0 saturated heterocycles. The van der Waals surface area contributed by atoms with Gasteiger partial charge in [-0.25, -0.2) is 0 Å². The highest BCUT2D eigenvalue weighted by Crippen LogP contribution is 2.46. The number of fused-ring (bicyclic) bond motifs is 1. The molecule has 1 fully saturated rings. The van der Waals surface area contributed by atoms with Gasteiger partial charge in [0.15, 0.2) is 0 Å². The molecule has 3 atom stereocenters. The lowest BCUT2D eigenvalue weighted by molar-refractivity contribution is -0.161. The number of amides is 1. The Morgan fingerprint density at radius 1 is 1.45 bits per heavy atom. The lowest BCUT2D eigenvalue weighted by Crippen LogP contribution is -2.50. The van der Waals surface area contributed by atoms with E-state index in [0.717, 1.165) is 12.3 Å². The fraction of sp³-hybridized carbons (Fsp3) is 0.650. The Morgan fingerprint density at radius 2 is 2.17 bits per heavy atom. The number of carbonyl (C=O) groups excluding carboxylic acids is 2. The summed E-state index contributed by atoms with van der Waals surface area (Å²) in [4.78, 5) is 31.4. The van der Waals surface area contributed by atoms with Crippen molar-refractivity contribution in [2.24, 2.45) is 17.1 Å². The minimum atomic E-state index is -4.49. The second-order valence-electron chi connectivity index (χ2n) is 7.94. The Balaban J connectivity index is 1.87. The van der Waals surface area contributed by atoms with Crippen molar-refractivity contribution in [2.75, 3.05) is 13.2 Å².